The zero-order chi connectivity index (χ0) is 13.9. The Bertz CT molecular complexity index is 514. The van der Waals surface area contributed by atoms with Crippen molar-refractivity contribution in [2.75, 3.05) is 11.9 Å². The average molecular weight is 275 g/mol. The molecule has 3 heteroatoms. The van der Waals surface area contributed by atoms with Crippen LogP contribution in [0.4, 0.5) is 5.69 Å². The molecular formula is C16H21NOS. The van der Waals surface area contributed by atoms with Crippen LogP contribution < -0.4 is 5.32 Å². The molecule has 19 heavy (non-hydrogen) atoms. The minimum atomic E-state index is -0.451. The molecule has 2 N–H and O–H groups in total. The summed E-state index contributed by atoms with van der Waals surface area (Å²) >= 11 is 1.59. The molecule has 2 rings (SSSR count). The molecule has 0 fully saturated rings. The number of hydrogen-bond donors (Lipinski definition) is 2. The van der Waals surface area contributed by atoms with Crippen LogP contribution in [0, 0.1) is 0 Å². The fourth-order valence-corrected chi connectivity index (χ4v) is 2.79. The zero-order valence-corrected chi connectivity index (χ0v) is 12.5. The first-order valence-electron chi connectivity index (χ1n) is 6.53. The van der Waals surface area contributed by atoms with Gasteiger partial charge in [0.15, 0.2) is 0 Å². The average Bonchev–Trinajstić information content (AvgIpc) is 2.89. The van der Waals surface area contributed by atoms with Crippen LogP contribution in [-0.4, -0.2) is 11.7 Å². The van der Waals surface area contributed by atoms with E-state index in [-0.39, 0.29) is 5.41 Å². The van der Waals surface area contributed by atoms with E-state index in [2.05, 4.69) is 44.3 Å². The molecule has 0 saturated heterocycles. The van der Waals surface area contributed by atoms with Crippen molar-refractivity contribution in [2.45, 2.75) is 32.3 Å². The standard InChI is InChI=1S/C16H21NOS/c1-16(2,3)12-7-4-5-8-13(12)17-11-14(18)15-9-6-10-19-15/h4-10,14,17-18H,11H2,1-3H3. The Morgan fingerprint density at radius 1 is 1.16 bits per heavy atom. The maximum atomic E-state index is 10.1. The van der Waals surface area contributed by atoms with E-state index in [0.717, 1.165) is 10.6 Å². The summed E-state index contributed by atoms with van der Waals surface area (Å²) in [6, 6.07) is 12.2. The summed E-state index contributed by atoms with van der Waals surface area (Å²) in [5.41, 5.74) is 2.47. The van der Waals surface area contributed by atoms with Crippen LogP contribution in [0.5, 0.6) is 0 Å². The highest BCUT2D eigenvalue weighted by Crippen LogP contribution is 2.29. The van der Waals surface area contributed by atoms with Crippen LogP contribution in [0.3, 0.4) is 0 Å². The second-order valence-electron chi connectivity index (χ2n) is 5.71. The lowest BCUT2D eigenvalue weighted by Crippen LogP contribution is -2.17. The van der Waals surface area contributed by atoms with Crippen molar-refractivity contribution in [1.82, 2.24) is 0 Å². The first-order valence-corrected chi connectivity index (χ1v) is 7.41. The lowest BCUT2D eigenvalue weighted by Gasteiger charge is -2.24. The van der Waals surface area contributed by atoms with Gasteiger partial charge in [0.05, 0.1) is 0 Å². The minimum absolute atomic E-state index is 0.0947. The van der Waals surface area contributed by atoms with E-state index in [1.165, 1.54) is 5.56 Å². The summed E-state index contributed by atoms with van der Waals surface area (Å²) < 4.78 is 0. The SMILES string of the molecule is CC(C)(C)c1ccccc1NCC(O)c1cccs1. The molecule has 0 saturated carbocycles. The van der Waals surface area contributed by atoms with Crippen molar-refractivity contribution in [3.63, 3.8) is 0 Å². The number of para-hydroxylation sites is 1. The molecular weight excluding hydrogens is 254 g/mol. The van der Waals surface area contributed by atoms with Gasteiger partial charge in [-0.25, -0.2) is 0 Å². The second-order valence-corrected chi connectivity index (χ2v) is 6.69. The van der Waals surface area contributed by atoms with Gasteiger partial charge in [-0.3, -0.25) is 0 Å². The second kappa shape index (κ2) is 5.76. The van der Waals surface area contributed by atoms with E-state index in [9.17, 15) is 5.11 Å². The number of thiophene rings is 1. The first kappa shape index (κ1) is 14.1. The van der Waals surface area contributed by atoms with Gasteiger partial charge in [0.25, 0.3) is 0 Å². The third-order valence-corrected chi connectivity index (χ3v) is 4.07. The van der Waals surface area contributed by atoms with E-state index in [0.29, 0.717) is 6.54 Å². The Labute approximate surface area is 119 Å². The van der Waals surface area contributed by atoms with Gasteiger partial charge in [-0.05, 0) is 28.5 Å². The molecule has 2 aromatic rings. The van der Waals surface area contributed by atoms with Gasteiger partial charge in [-0.2, -0.15) is 0 Å². The molecule has 1 unspecified atom stereocenters. The number of aliphatic hydroxyl groups excluding tert-OH is 1. The Morgan fingerprint density at radius 3 is 2.53 bits per heavy atom. The smallest absolute Gasteiger partial charge is 0.105 e. The van der Waals surface area contributed by atoms with Gasteiger partial charge >= 0.3 is 0 Å². The van der Waals surface area contributed by atoms with Gasteiger partial charge in [-0.15, -0.1) is 11.3 Å². The molecule has 1 aromatic carbocycles. The van der Waals surface area contributed by atoms with Crippen molar-refractivity contribution in [1.29, 1.82) is 0 Å². The molecule has 102 valence electrons. The van der Waals surface area contributed by atoms with Crippen LogP contribution >= 0.6 is 11.3 Å². The number of rotatable bonds is 4. The van der Waals surface area contributed by atoms with Crippen LogP contribution in [0.25, 0.3) is 0 Å². The maximum absolute atomic E-state index is 10.1. The molecule has 0 amide bonds. The Hall–Kier alpha value is -1.32. The summed E-state index contributed by atoms with van der Waals surface area (Å²) in [6.45, 7) is 7.13. The fraction of sp³-hybridized carbons (Fsp3) is 0.375. The van der Waals surface area contributed by atoms with E-state index >= 15 is 0 Å². The summed E-state index contributed by atoms with van der Waals surface area (Å²) in [5, 5.41) is 15.5. The molecule has 1 atom stereocenters. The predicted molar refractivity (Wildman–Crippen MR) is 82.9 cm³/mol. The molecule has 2 nitrogen and oxygen atoms in total. The summed E-state index contributed by atoms with van der Waals surface area (Å²) in [5.74, 6) is 0. The Morgan fingerprint density at radius 2 is 1.89 bits per heavy atom. The molecule has 0 spiro atoms. The minimum Gasteiger partial charge on any atom is -0.386 e. The maximum Gasteiger partial charge on any atom is 0.105 e. The third kappa shape index (κ3) is 3.58. The van der Waals surface area contributed by atoms with E-state index < -0.39 is 6.10 Å². The number of anilines is 1. The highest BCUT2D eigenvalue weighted by molar-refractivity contribution is 7.10. The summed E-state index contributed by atoms with van der Waals surface area (Å²) in [6.07, 6.45) is -0.451. The van der Waals surface area contributed by atoms with E-state index in [4.69, 9.17) is 0 Å². The van der Waals surface area contributed by atoms with Crippen molar-refractivity contribution >= 4 is 17.0 Å². The molecule has 0 bridgehead atoms. The van der Waals surface area contributed by atoms with Crippen molar-refractivity contribution in [2.24, 2.45) is 0 Å². The van der Waals surface area contributed by atoms with Gasteiger partial charge < -0.3 is 10.4 Å². The van der Waals surface area contributed by atoms with Crippen molar-refractivity contribution in [3.8, 4) is 0 Å². The van der Waals surface area contributed by atoms with Crippen molar-refractivity contribution < 1.29 is 5.11 Å². The van der Waals surface area contributed by atoms with Gasteiger partial charge in [-0.1, -0.05) is 45.0 Å². The normalized spacial score (nSPS) is 13.3. The zero-order valence-electron chi connectivity index (χ0n) is 11.7. The predicted octanol–water partition coefficient (Wildman–Crippen LogP) is 4.19. The van der Waals surface area contributed by atoms with E-state index in [1.54, 1.807) is 11.3 Å². The number of hydrogen-bond acceptors (Lipinski definition) is 3. The fourth-order valence-electron chi connectivity index (χ4n) is 2.08. The highest BCUT2D eigenvalue weighted by Gasteiger charge is 2.18. The molecule has 1 heterocycles. The number of aliphatic hydroxyl groups is 1. The quantitative estimate of drug-likeness (QED) is 0.877. The van der Waals surface area contributed by atoms with Gasteiger partial charge in [0.1, 0.15) is 6.10 Å². The van der Waals surface area contributed by atoms with Crippen LogP contribution in [0.15, 0.2) is 41.8 Å². The largest absolute Gasteiger partial charge is 0.386 e. The Kier molecular flexibility index (Phi) is 4.27. The monoisotopic (exact) mass is 275 g/mol. The van der Waals surface area contributed by atoms with Gasteiger partial charge in [0, 0.05) is 17.1 Å². The van der Waals surface area contributed by atoms with Crippen molar-refractivity contribution in [3.05, 3.63) is 52.2 Å². The number of nitrogens with one attached hydrogen (secondary N) is 1. The molecule has 0 aliphatic rings. The molecule has 1 aromatic heterocycles. The third-order valence-electron chi connectivity index (χ3n) is 3.09. The molecule has 0 aliphatic heterocycles. The first-order chi connectivity index (χ1) is 8.98. The van der Waals surface area contributed by atoms with Crippen LogP contribution in [-0.2, 0) is 5.41 Å². The lowest BCUT2D eigenvalue weighted by atomic mass is 9.86. The number of benzene rings is 1. The van der Waals surface area contributed by atoms with Crippen LogP contribution in [0.2, 0.25) is 0 Å². The van der Waals surface area contributed by atoms with Gasteiger partial charge in [0.2, 0.25) is 0 Å². The molecule has 0 aliphatic carbocycles. The molecule has 0 radical (unpaired) electrons. The highest BCUT2D eigenvalue weighted by atomic mass is 32.1. The van der Waals surface area contributed by atoms with E-state index in [1.807, 2.05) is 23.6 Å². The topological polar surface area (TPSA) is 32.3 Å². The Balaban J connectivity index is 2.08. The van der Waals surface area contributed by atoms with Crippen LogP contribution in [0.1, 0.15) is 37.3 Å². The summed E-state index contributed by atoms with van der Waals surface area (Å²) in [7, 11) is 0. The lowest BCUT2D eigenvalue weighted by molar-refractivity contribution is 0.195. The summed E-state index contributed by atoms with van der Waals surface area (Å²) in [4.78, 5) is 1.00.